The first-order chi connectivity index (χ1) is 12.6. The number of nitrogens with one attached hydrogen (secondary N) is 2. The lowest BCUT2D eigenvalue weighted by atomic mass is 9.83. The second kappa shape index (κ2) is 6.63. The fourth-order valence-corrected chi connectivity index (χ4v) is 3.79. The number of amides is 1. The second-order valence-electron chi connectivity index (χ2n) is 6.68. The number of aromatic amines is 1. The minimum atomic E-state index is -0.445. The molecule has 0 fully saturated rings. The first-order valence-corrected chi connectivity index (χ1v) is 8.75. The number of rotatable bonds is 4. The van der Waals surface area contributed by atoms with E-state index in [4.69, 9.17) is 0 Å². The number of nitro benzene ring substituents is 1. The third-order valence-corrected chi connectivity index (χ3v) is 5.08. The first kappa shape index (κ1) is 16.3. The van der Waals surface area contributed by atoms with Gasteiger partial charge in [-0.15, -0.1) is 0 Å². The lowest BCUT2D eigenvalue weighted by Crippen LogP contribution is -2.30. The molecular formula is C20H19N3O3. The van der Waals surface area contributed by atoms with Gasteiger partial charge in [-0.3, -0.25) is 14.9 Å². The SMILES string of the molecule is O=C(NCC1CCCc2ccccc21)c1cc2cccc([N+](=O)[O-])c2[nH]1. The van der Waals surface area contributed by atoms with Crippen LogP contribution in [0, 0.1) is 10.1 Å². The third-order valence-electron chi connectivity index (χ3n) is 5.08. The van der Waals surface area contributed by atoms with Crippen molar-refractivity contribution in [1.82, 2.24) is 10.3 Å². The summed E-state index contributed by atoms with van der Waals surface area (Å²) in [7, 11) is 0. The van der Waals surface area contributed by atoms with E-state index in [0.29, 0.717) is 29.1 Å². The molecule has 0 bridgehead atoms. The van der Waals surface area contributed by atoms with Gasteiger partial charge in [-0.2, -0.15) is 0 Å². The fourth-order valence-electron chi connectivity index (χ4n) is 3.79. The number of fused-ring (bicyclic) bond motifs is 2. The Balaban J connectivity index is 1.52. The maximum Gasteiger partial charge on any atom is 0.293 e. The van der Waals surface area contributed by atoms with Gasteiger partial charge in [-0.05, 0) is 36.5 Å². The molecule has 1 amide bonds. The van der Waals surface area contributed by atoms with Crippen molar-refractivity contribution in [3.8, 4) is 0 Å². The Hall–Kier alpha value is -3.15. The van der Waals surface area contributed by atoms with Crippen molar-refractivity contribution >= 4 is 22.5 Å². The molecule has 0 aliphatic heterocycles. The van der Waals surface area contributed by atoms with Crippen LogP contribution in [0.15, 0.2) is 48.5 Å². The van der Waals surface area contributed by atoms with E-state index in [1.807, 2.05) is 6.07 Å². The van der Waals surface area contributed by atoms with Crippen molar-refractivity contribution in [1.29, 1.82) is 0 Å². The van der Waals surface area contributed by atoms with Gasteiger partial charge >= 0.3 is 0 Å². The van der Waals surface area contributed by atoms with Crippen LogP contribution in [0.4, 0.5) is 5.69 Å². The minimum absolute atomic E-state index is 0.0252. The van der Waals surface area contributed by atoms with Crippen molar-refractivity contribution in [3.05, 3.63) is 75.5 Å². The average Bonchev–Trinajstić information content (AvgIpc) is 3.10. The van der Waals surface area contributed by atoms with E-state index in [1.54, 1.807) is 18.2 Å². The molecule has 1 aliphatic carbocycles. The van der Waals surface area contributed by atoms with Gasteiger partial charge in [0.25, 0.3) is 11.6 Å². The summed E-state index contributed by atoms with van der Waals surface area (Å²) in [4.78, 5) is 26.1. The van der Waals surface area contributed by atoms with Crippen LogP contribution < -0.4 is 5.32 Å². The Labute approximate surface area is 150 Å². The zero-order chi connectivity index (χ0) is 18.1. The largest absolute Gasteiger partial charge is 0.350 e. The number of nitrogens with zero attached hydrogens (tertiary/aromatic N) is 1. The molecular weight excluding hydrogens is 330 g/mol. The number of hydrogen-bond acceptors (Lipinski definition) is 3. The summed E-state index contributed by atoms with van der Waals surface area (Å²) in [5.41, 5.74) is 3.37. The van der Waals surface area contributed by atoms with Crippen molar-refractivity contribution < 1.29 is 9.72 Å². The minimum Gasteiger partial charge on any atom is -0.350 e. The number of hydrogen-bond donors (Lipinski definition) is 2. The maximum absolute atomic E-state index is 12.5. The summed E-state index contributed by atoms with van der Waals surface area (Å²) >= 11 is 0. The number of aryl methyl sites for hydroxylation is 1. The zero-order valence-electron chi connectivity index (χ0n) is 14.2. The number of non-ortho nitro benzene ring substituents is 1. The zero-order valence-corrected chi connectivity index (χ0v) is 14.2. The smallest absolute Gasteiger partial charge is 0.293 e. The number of benzene rings is 2. The highest BCUT2D eigenvalue weighted by Crippen LogP contribution is 2.31. The van der Waals surface area contributed by atoms with Gasteiger partial charge in [0.15, 0.2) is 0 Å². The number of aromatic nitrogens is 1. The summed E-state index contributed by atoms with van der Waals surface area (Å²) in [5, 5.41) is 14.8. The fraction of sp³-hybridized carbons (Fsp3) is 0.250. The van der Waals surface area contributed by atoms with E-state index in [-0.39, 0.29) is 11.6 Å². The molecule has 0 saturated carbocycles. The van der Waals surface area contributed by atoms with Crippen molar-refractivity contribution in [2.75, 3.05) is 6.54 Å². The van der Waals surface area contributed by atoms with Crippen LogP contribution >= 0.6 is 0 Å². The molecule has 1 unspecified atom stereocenters. The summed E-state index contributed by atoms with van der Waals surface area (Å²) in [6, 6.07) is 14.8. The molecule has 6 nitrogen and oxygen atoms in total. The maximum atomic E-state index is 12.5. The average molecular weight is 349 g/mol. The molecule has 1 atom stereocenters. The molecule has 26 heavy (non-hydrogen) atoms. The Bertz CT molecular complexity index is 993. The number of carbonyl (C=O) groups is 1. The topological polar surface area (TPSA) is 88.0 Å². The quantitative estimate of drug-likeness (QED) is 0.552. The highest BCUT2D eigenvalue weighted by atomic mass is 16.6. The normalized spacial score (nSPS) is 16.2. The first-order valence-electron chi connectivity index (χ1n) is 8.75. The molecule has 132 valence electrons. The Kier molecular flexibility index (Phi) is 4.16. The molecule has 0 saturated heterocycles. The molecule has 0 spiro atoms. The predicted molar refractivity (Wildman–Crippen MR) is 99.4 cm³/mol. The van der Waals surface area contributed by atoms with Gasteiger partial charge in [-0.1, -0.05) is 36.4 Å². The monoisotopic (exact) mass is 349 g/mol. The van der Waals surface area contributed by atoms with E-state index >= 15 is 0 Å². The van der Waals surface area contributed by atoms with Gasteiger partial charge in [0.2, 0.25) is 0 Å². The van der Waals surface area contributed by atoms with E-state index in [9.17, 15) is 14.9 Å². The van der Waals surface area contributed by atoms with Gasteiger partial charge in [0, 0.05) is 23.9 Å². The van der Waals surface area contributed by atoms with E-state index in [0.717, 1.165) is 19.3 Å². The van der Waals surface area contributed by atoms with E-state index in [1.165, 1.54) is 17.2 Å². The van der Waals surface area contributed by atoms with Crippen LogP contribution in [0.25, 0.3) is 10.9 Å². The molecule has 2 N–H and O–H groups in total. The van der Waals surface area contributed by atoms with Crippen molar-refractivity contribution in [3.63, 3.8) is 0 Å². The highest BCUT2D eigenvalue weighted by Gasteiger charge is 2.21. The van der Waals surface area contributed by atoms with E-state index < -0.39 is 4.92 Å². The number of carbonyl (C=O) groups excluding carboxylic acids is 1. The predicted octanol–water partition coefficient (Wildman–Crippen LogP) is 3.93. The van der Waals surface area contributed by atoms with Crippen LogP contribution in [-0.4, -0.2) is 22.4 Å². The van der Waals surface area contributed by atoms with Crippen LogP contribution in [0.1, 0.15) is 40.4 Å². The van der Waals surface area contributed by atoms with Gasteiger partial charge in [0.1, 0.15) is 11.2 Å². The lowest BCUT2D eigenvalue weighted by Gasteiger charge is -2.25. The summed E-state index contributed by atoms with van der Waals surface area (Å²) in [6.45, 7) is 0.563. The third kappa shape index (κ3) is 2.94. The number of para-hydroxylation sites is 1. The lowest BCUT2D eigenvalue weighted by molar-refractivity contribution is -0.383. The van der Waals surface area contributed by atoms with Gasteiger partial charge in [-0.25, -0.2) is 0 Å². The van der Waals surface area contributed by atoms with Crippen molar-refractivity contribution in [2.45, 2.75) is 25.2 Å². The Morgan fingerprint density at radius 1 is 1.23 bits per heavy atom. The van der Waals surface area contributed by atoms with Gasteiger partial charge < -0.3 is 10.3 Å². The molecule has 6 heteroatoms. The summed E-state index contributed by atoms with van der Waals surface area (Å²) < 4.78 is 0. The standard InChI is InChI=1S/C20H19N3O3/c24-20(17-11-14-7-4-10-18(23(25)26)19(14)22-17)21-12-15-8-3-6-13-5-1-2-9-16(13)15/h1-2,4-5,7,9-11,15,22H,3,6,8,12H2,(H,21,24). The van der Waals surface area contributed by atoms with E-state index in [2.05, 4.69) is 28.5 Å². The molecule has 1 aromatic heterocycles. The molecule has 4 rings (SSSR count). The second-order valence-corrected chi connectivity index (χ2v) is 6.68. The van der Waals surface area contributed by atoms with Crippen molar-refractivity contribution in [2.24, 2.45) is 0 Å². The van der Waals surface area contributed by atoms with Gasteiger partial charge in [0.05, 0.1) is 4.92 Å². The Morgan fingerprint density at radius 2 is 2.08 bits per heavy atom. The number of H-pyrrole nitrogens is 1. The number of nitro groups is 1. The summed E-state index contributed by atoms with van der Waals surface area (Å²) in [6.07, 6.45) is 3.26. The van der Waals surface area contributed by atoms with Crippen LogP contribution in [-0.2, 0) is 6.42 Å². The molecule has 1 heterocycles. The van der Waals surface area contributed by atoms with Crippen LogP contribution in [0.3, 0.4) is 0 Å². The molecule has 3 aromatic rings. The molecule has 0 radical (unpaired) electrons. The van der Waals surface area contributed by atoms with Crippen LogP contribution in [0.5, 0.6) is 0 Å². The Morgan fingerprint density at radius 3 is 2.92 bits per heavy atom. The summed E-state index contributed by atoms with van der Waals surface area (Å²) in [5.74, 6) is 0.0705. The van der Waals surface area contributed by atoms with Crippen LogP contribution in [0.2, 0.25) is 0 Å². The molecule has 2 aromatic carbocycles. The highest BCUT2D eigenvalue weighted by molar-refractivity contribution is 6.00. The molecule has 1 aliphatic rings.